The molecule has 0 N–H and O–H groups in total. The number of methoxy groups -OCH3 is 1. The number of rotatable bonds is 3. The smallest absolute Gasteiger partial charge is 0.308 e. The van der Waals surface area contributed by atoms with Gasteiger partial charge in [-0.05, 0) is 44.0 Å². The monoisotopic (exact) mass is 362 g/mol. The van der Waals surface area contributed by atoms with Crippen molar-refractivity contribution in [3.8, 4) is 5.69 Å². The summed E-state index contributed by atoms with van der Waals surface area (Å²) in [4.78, 5) is 30.2. The van der Waals surface area contributed by atoms with Crippen molar-refractivity contribution in [2.75, 3.05) is 20.2 Å². The highest BCUT2D eigenvalue weighted by Crippen LogP contribution is 2.20. The lowest BCUT2D eigenvalue weighted by Crippen LogP contribution is -2.41. The molecule has 25 heavy (non-hydrogen) atoms. The second-order valence-corrected chi connectivity index (χ2v) is 6.40. The number of halogens is 1. The number of carbonyl (C=O) groups is 2. The molecule has 0 saturated carbocycles. The van der Waals surface area contributed by atoms with Gasteiger partial charge in [-0.3, -0.25) is 9.59 Å². The van der Waals surface area contributed by atoms with Crippen LogP contribution in [0.15, 0.2) is 24.3 Å². The first-order chi connectivity index (χ1) is 12.0. The number of likely N-dealkylation sites (tertiary alicyclic amines) is 1. The van der Waals surface area contributed by atoms with Gasteiger partial charge in [-0.15, -0.1) is 5.10 Å². The van der Waals surface area contributed by atoms with Crippen LogP contribution in [0.3, 0.4) is 0 Å². The van der Waals surface area contributed by atoms with Gasteiger partial charge in [0, 0.05) is 18.1 Å². The van der Waals surface area contributed by atoms with E-state index in [0.29, 0.717) is 36.8 Å². The zero-order valence-corrected chi connectivity index (χ0v) is 14.9. The molecular formula is C17H19ClN4O3. The van der Waals surface area contributed by atoms with Crippen LogP contribution in [0.4, 0.5) is 0 Å². The molecule has 3 rings (SSSR count). The van der Waals surface area contributed by atoms with Gasteiger partial charge in [0.05, 0.1) is 18.7 Å². The molecule has 1 saturated heterocycles. The first-order valence-electron chi connectivity index (χ1n) is 8.06. The molecule has 0 aliphatic carbocycles. The maximum Gasteiger partial charge on any atom is 0.308 e. The lowest BCUT2D eigenvalue weighted by atomic mass is 9.97. The highest BCUT2D eigenvalue weighted by molar-refractivity contribution is 6.30. The maximum atomic E-state index is 12.6. The fourth-order valence-corrected chi connectivity index (χ4v) is 3.06. The number of esters is 1. The molecule has 1 aliphatic heterocycles. The molecule has 0 spiro atoms. The summed E-state index contributed by atoms with van der Waals surface area (Å²) in [6.07, 6.45) is 1.19. The number of piperidine rings is 1. The number of hydrogen-bond acceptors (Lipinski definition) is 5. The van der Waals surface area contributed by atoms with Crippen molar-refractivity contribution in [1.29, 1.82) is 0 Å². The lowest BCUT2D eigenvalue weighted by molar-refractivity contribution is -0.146. The van der Waals surface area contributed by atoms with E-state index in [1.807, 2.05) is 12.1 Å². The lowest BCUT2D eigenvalue weighted by Gasteiger charge is -2.29. The standard InChI is InChI=1S/C17H19ClN4O3/c1-11-19-15(20-22(11)14-5-3-13(18)4-6-14)16(23)21-9-7-12(8-10-21)17(24)25-2/h3-6,12H,7-10H2,1-2H3. The number of amides is 1. The number of hydrogen-bond donors (Lipinski definition) is 0. The van der Waals surface area contributed by atoms with Crippen LogP contribution in [-0.2, 0) is 9.53 Å². The summed E-state index contributed by atoms with van der Waals surface area (Å²) in [6.45, 7) is 2.78. The normalized spacial score (nSPS) is 15.2. The quantitative estimate of drug-likeness (QED) is 0.783. The molecule has 1 aromatic carbocycles. The summed E-state index contributed by atoms with van der Waals surface area (Å²) in [7, 11) is 1.38. The second kappa shape index (κ2) is 7.23. The largest absolute Gasteiger partial charge is 0.469 e. The Morgan fingerprint density at radius 1 is 1.20 bits per heavy atom. The zero-order chi connectivity index (χ0) is 18.0. The molecule has 132 valence electrons. The molecule has 0 atom stereocenters. The van der Waals surface area contributed by atoms with E-state index < -0.39 is 0 Å². The molecule has 0 unspecified atom stereocenters. The number of ether oxygens (including phenoxy) is 1. The van der Waals surface area contributed by atoms with Gasteiger partial charge in [0.15, 0.2) is 0 Å². The Labute approximate surface area is 150 Å². The van der Waals surface area contributed by atoms with Gasteiger partial charge in [0.2, 0.25) is 5.82 Å². The van der Waals surface area contributed by atoms with Crippen LogP contribution in [0.1, 0.15) is 29.3 Å². The van der Waals surface area contributed by atoms with Crippen molar-refractivity contribution in [3.05, 3.63) is 40.9 Å². The Morgan fingerprint density at radius 3 is 2.44 bits per heavy atom. The average Bonchev–Trinajstić information content (AvgIpc) is 3.03. The van der Waals surface area contributed by atoms with E-state index >= 15 is 0 Å². The summed E-state index contributed by atoms with van der Waals surface area (Å²) < 4.78 is 6.38. The third-order valence-electron chi connectivity index (χ3n) is 4.35. The first kappa shape index (κ1) is 17.4. The number of carbonyl (C=O) groups excluding carboxylic acids is 2. The molecule has 0 radical (unpaired) electrons. The van der Waals surface area contributed by atoms with Crippen molar-refractivity contribution >= 4 is 23.5 Å². The highest BCUT2D eigenvalue weighted by atomic mass is 35.5. The van der Waals surface area contributed by atoms with Crippen molar-refractivity contribution in [1.82, 2.24) is 19.7 Å². The van der Waals surface area contributed by atoms with Crippen LogP contribution in [0.5, 0.6) is 0 Å². The van der Waals surface area contributed by atoms with E-state index in [1.54, 1.807) is 28.6 Å². The maximum absolute atomic E-state index is 12.6. The predicted octanol–water partition coefficient (Wildman–Crippen LogP) is 2.25. The molecule has 1 amide bonds. The summed E-state index contributed by atoms with van der Waals surface area (Å²) in [5, 5.41) is 4.97. The fraction of sp³-hybridized carbons (Fsp3) is 0.412. The van der Waals surface area contributed by atoms with Crippen molar-refractivity contribution < 1.29 is 14.3 Å². The number of aryl methyl sites for hydroxylation is 1. The molecule has 8 heteroatoms. The van der Waals surface area contributed by atoms with Crippen LogP contribution in [-0.4, -0.2) is 51.7 Å². The van der Waals surface area contributed by atoms with Crippen LogP contribution in [0.25, 0.3) is 5.69 Å². The van der Waals surface area contributed by atoms with Crippen LogP contribution >= 0.6 is 11.6 Å². The predicted molar refractivity (Wildman–Crippen MR) is 91.7 cm³/mol. The third-order valence-corrected chi connectivity index (χ3v) is 4.60. The second-order valence-electron chi connectivity index (χ2n) is 5.96. The van der Waals surface area contributed by atoms with E-state index in [0.717, 1.165) is 5.69 Å². The van der Waals surface area contributed by atoms with Gasteiger partial charge in [-0.25, -0.2) is 9.67 Å². The topological polar surface area (TPSA) is 77.3 Å². The molecule has 0 bridgehead atoms. The van der Waals surface area contributed by atoms with Crippen LogP contribution in [0.2, 0.25) is 5.02 Å². The molecule has 2 aromatic rings. The van der Waals surface area contributed by atoms with E-state index in [1.165, 1.54) is 7.11 Å². The van der Waals surface area contributed by atoms with Gasteiger partial charge in [-0.1, -0.05) is 11.6 Å². The summed E-state index contributed by atoms with van der Waals surface area (Å²) in [5.74, 6) is 0.196. The van der Waals surface area contributed by atoms with Crippen molar-refractivity contribution in [3.63, 3.8) is 0 Å². The van der Waals surface area contributed by atoms with Gasteiger partial charge < -0.3 is 9.64 Å². The fourth-order valence-electron chi connectivity index (χ4n) is 2.93. The highest BCUT2D eigenvalue weighted by Gasteiger charge is 2.30. The number of aromatic nitrogens is 3. The van der Waals surface area contributed by atoms with Gasteiger partial charge in [0.1, 0.15) is 5.82 Å². The summed E-state index contributed by atoms with van der Waals surface area (Å²) in [5.41, 5.74) is 0.790. The average molecular weight is 363 g/mol. The van der Waals surface area contributed by atoms with Gasteiger partial charge >= 0.3 is 5.97 Å². The number of nitrogens with zero attached hydrogens (tertiary/aromatic N) is 4. The minimum Gasteiger partial charge on any atom is -0.469 e. The summed E-state index contributed by atoms with van der Waals surface area (Å²) in [6, 6.07) is 7.16. The Bertz CT molecular complexity index is 780. The SMILES string of the molecule is COC(=O)C1CCN(C(=O)c2nc(C)n(-c3ccc(Cl)cc3)n2)CC1. The Morgan fingerprint density at radius 2 is 1.84 bits per heavy atom. The van der Waals surface area contributed by atoms with Crippen LogP contribution < -0.4 is 0 Å². The van der Waals surface area contributed by atoms with Gasteiger partial charge in [-0.2, -0.15) is 0 Å². The molecular weight excluding hydrogens is 344 g/mol. The molecule has 1 aliphatic rings. The Kier molecular flexibility index (Phi) is 5.03. The molecule has 1 fully saturated rings. The first-order valence-corrected chi connectivity index (χ1v) is 8.44. The third kappa shape index (κ3) is 3.66. The van der Waals surface area contributed by atoms with E-state index in [-0.39, 0.29) is 23.6 Å². The van der Waals surface area contributed by atoms with E-state index in [9.17, 15) is 9.59 Å². The van der Waals surface area contributed by atoms with E-state index in [2.05, 4.69) is 10.1 Å². The van der Waals surface area contributed by atoms with Gasteiger partial charge in [0.25, 0.3) is 5.91 Å². The minimum absolute atomic E-state index is 0.143. The van der Waals surface area contributed by atoms with Crippen molar-refractivity contribution in [2.45, 2.75) is 19.8 Å². The molecule has 1 aromatic heterocycles. The summed E-state index contributed by atoms with van der Waals surface area (Å²) >= 11 is 5.90. The van der Waals surface area contributed by atoms with Crippen molar-refractivity contribution in [2.24, 2.45) is 5.92 Å². The molecule has 2 heterocycles. The Balaban J connectivity index is 1.72. The van der Waals surface area contributed by atoms with Crippen LogP contribution in [0, 0.1) is 12.8 Å². The Hall–Kier alpha value is -2.41. The molecule has 7 nitrogen and oxygen atoms in total. The number of benzene rings is 1. The van der Waals surface area contributed by atoms with E-state index in [4.69, 9.17) is 16.3 Å². The zero-order valence-electron chi connectivity index (χ0n) is 14.1. The minimum atomic E-state index is -0.223.